The van der Waals surface area contributed by atoms with Gasteiger partial charge in [0.15, 0.2) is 0 Å². The third-order valence-electron chi connectivity index (χ3n) is 9.71. The summed E-state index contributed by atoms with van der Waals surface area (Å²) >= 11 is 26.5. The van der Waals surface area contributed by atoms with Crippen LogP contribution in [0.4, 0.5) is 0 Å². The first-order valence-electron chi connectivity index (χ1n) is 15.2. The van der Waals surface area contributed by atoms with Crippen molar-refractivity contribution >= 4 is 72.5 Å². The lowest BCUT2D eigenvalue weighted by Gasteiger charge is -2.39. The van der Waals surface area contributed by atoms with Gasteiger partial charge in [-0.1, -0.05) is 6.08 Å². The van der Waals surface area contributed by atoms with Crippen molar-refractivity contribution < 1.29 is 30.5 Å². The predicted octanol–water partition coefficient (Wildman–Crippen LogP) is 4.20. The topological polar surface area (TPSA) is 121 Å². The SMILES string of the molecule is CCN1C(=CC=CC2=[N+](C)C3CC(Cl)C(Cl)CC3N2C(C)CCS(=O)(=O)O)N(C(C)CCS(=O)(=O)O)C2CC(Cl)C(Cl)CC21. The molecule has 2 heterocycles. The maximum atomic E-state index is 11.6. The van der Waals surface area contributed by atoms with E-state index in [9.17, 15) is 25.9 Å². The standard InChI is InChI=1S/C28H44Cl4N4O6S2/c1-5-34-24-14-20(30)22(32)16-26(24)36(18(3)10-12-44(40,41)42)28(34)8-6-7-27-33(4)23-13-19(29)21(31)15-25(23)35(27)17(2)9-11-43(37,38)39/h6-8,17-26H,5,9-16H2,1-4H3,(H-,37,38,39,40,41,42)/p+1. The largest absolute Gasteiger partial charge is 0.353 e. The molecule has 0 bridgehead atoms. The molecule has 0 aromatic rings. The van der Waals surface area contributed by atoms with Crippen LogP contribution in [0.15, 0.2) is 24.0 Å². The second-order valence-corrected chi connectivity index (χ2v) is 18.0. The lowest BCUT2D eigenvalue weighted by Crippen LogP contribution is -2.51. The Labute approximate surface area is 282 Å². The van der Waals surface area contributed by atoms with Gasteiger partial charge < -0.3 is 9.80 Å². The van der Waals surface area contributed by atoms with Gasteiger partial charge in [0, 0.05) is 37.9 Å². The van der Waals surface area contributed by atoms with E-state index in [1.165, 1.54) is 0 Å². The first-order chi connectivity index (χ1) is 20.4. The zero-order valence-electron chi connectivity index (χ0n) is 25.5. The fraction of sp³-hybridized carbons (Fsp3) is 0.821. The average Bonchev–Trinajstić information content (AvgIpc) is 3.36. The average molecular weight is 740 g/mol. The lowest BCUT2D eigenvalue weighted by molar-refractivity contribution is -0.533. The molecule has 2 N–H and O–H groups in total. The van der Waals surface area contributed by atoms with Gasteiger partial charge in [-0.2, -0.15) is 16.8 Å². The van der Waals surface area contributed by atoms with E-state index in [1.807, 2.05) is 39.1 Å². The van der Waals surface area contributed by atoms with E-state index < -0.39 is 20.2 Å². The highest BCUT2D eigenvalue weighted by atomic mass is 35.5. The third-order valence-corrected chi connectivity index (χ3v) is 13.4. The molecule has 4 rings (SSSR count). The summed E-state index contributed by atoms with van der Waals surface area (Å²) in [6, 6.07) is -0.134. The molecule has 2 aliphatic heterocycles. The van der Waals surface area contributed by atoms with Gasteiger partial charge in [0.1, 0.15) is 17.9 Å². The Hall–Kier alpha value is -0.470. The van der Waals surface area contributed by atoms with Crippen LogP contribution in [0.1, 0.15) is 59.3 Å². The van der Waals surface area contributed by atoms with Crippen molar-refractivity contribution in [2.24, 2.45) is 0 Å². The van der Waals surface area contributed by atoms with Crippen LogP contribution in [0.5, 0.6) is 0 Å². The Bertz CT molecular complexity index is 1360. The summed E-state index contributed by atoms with van der Waals surface area (Å²) in [6.45, 7) is 6.70. The maximum Gasteiger partial charge on any atom is 0.272 e. The molecule has 0 aromatic carbocycles. The molecule has 1 saturated heterocycles. The molecule has 10 nitrogen and oxygen atoms in total. The van der Waals surface area contributed by atoms with E-state index in [4.69, 9.17) is 46.4 Å². The monoisotopic (exact) mass is 737 g/mol. The molecule has 0 amide bonds. The molecule has 16 heteroatoms. The smallest absolute Gasteiger partial charge is 0.272 e. The fourth-order valence-corrected chi connectivity index (χ4v) is 9.95. The van der Waals surface area contributed by atoms with Crippen molar-refractivity contribution in [2.45, 2.75) is 117 Å². The van der Waals surface area contributed by atoms with E-state index in [0.717, 1.165) is 11.7 Å². The molecule has 10 unspecified atom stereocenters. The van der Waals surface area contributed by atoms with Crippen LogP contribution in [0.2, 0.25) is 0 Å². The van der Waals surface area contributed by atoms with Crippen LogP contribution in [0, 0.1) is 0 Å². The van der Waals surface area contributed by atoms with Gasteiger partial charge in [0.25, 0.3) is 26.1 Å². The summed E-state index contributed by atoms with van der Waals surface area (Å²) in [7, 11) is -6.24. The zero-order chi connectivity index (χ0) is 32.7. The van der Waals surface area contributed by atoms with Crippen LogP contribution in [-0.2, 0) is 20.2 Å². The zero-order valence-corrected chi connectivity index (χ0v) is 30.2. The highest BCUT2D eigenvalue weighted by molar-refractivity contribution is 7.86. The van der Waals surface area contributed by atoms with Gasteiger partial charge in [-0.05, 0) is 46.1 Å². The molecule has 0 spiro atoms. The second kappa shape index (κ2) is 14.3. The summed E-state index contributed by atoms with van der Waals surface area (Å²) in [6.07, 6.45) is 9.16. The van der Waals surface area contributed by atoms with Gasteiger partial charge >= 0.3 is 0 Å². The van der Waals surface area contributed by atoms with E-state index in [-0.39, 0.29) is 82.1 Å². The number of halogens is 4. The normalized spacial score (nSPS) is 35.5. The molecule has 0 aromatic heterocycles. The van der Waals surface area contributed by atoms with Crippen LogP contribution >= 0.6 is 46.4 Å². The first-order valence-corrected chi connectivity index (χ1v) is 20.2. The Morgan fingerprint density at radius 3 is 1.82 bits per heavy atom. The number of amidine groups is 1. The molecular formula is C28H45Cl4N4O6S2+. The molecule has 252 valence electrons. The van der Waals surface area contributed by atoms with Crippen LogP contribution in [0.3, 0.4) is 0 Å². The minimum atomic E-state index is -4.12. The van der Waals surface area contributed by atoms with Gasteiger partial charge in [-0.25, -0.2) is 0 Å². The van der Waals surface area contributed by atoms with Crippen molar-refractivity contribution in [3.8, 4) is 0 Å². The van der Waals surface area contributed by atoms with E-state index in [1.54, 1.807) is 0 Å². The van der Waals surface area contributed by atoms with E-state index in [2.05, 4.69) is 26.2 Å². The highest BCUT2D eigenvalue weighted by Gasteiger charge is 2.53. The number of likely N-dealkylation sites (N-methyl/N-ethyl adjacent to an activating group) is 2. The van der Waals surface area contributed by atoms with Crippen LogP contribution < -0.4 is 0 Å². The van der Waals surface area contributed by atoms with Crippen molar-refractivity contribution in [1.82, 2.24) is 14.7 Å². The number of rotatable bonds is 11. The summed E-state index contributed by atoms with van der Waals surface area (Å²) in [5, 5.41) is -0.808. The third kappa shape index (κ3) is 8.14. The number of allylic oxidation sites excluding steroid dienone is 2. The van der Waals surface area contributed by atoms with Crippen molar-refractivity contribution in [3.05, 3.63) is 24.0 Å². The molecule has 3 fully saturated rings. The first kappa shape index (κ1) is 36.4. The summed E-state index contributed by atoms with van der Waals surface area (Å²) in [4.78, 5) is 6.73. The number of alkyl halides is 4. The molecule has 2 aliphatic carbocycles. The predicted molar refractivity (Wildman–Crippen MR) is 178 cm³/mol. The van der Waals surface area contributed by atoms with E-state index >= 15 is 0 Å². The minimum absolute atomic E-state index is 0.0287. The van der Waals surface area contributed by atoms with Crippen LogP contribution in [0.25, 0.3) is 0 Å². The Morgan fingerprint density at radius 2 is 1.30 bits per heavy atom. The summed E-state index contributed by atoms with van der Waals surface area (Å²) in [5.41, 5.74) is 0. The van der Waals surface area contributed by atoms with Gasteiger partial charge in [-0.3, -0.25) is 18.6 Å². The molecular weight excluding hydrogens is 694 g/mol. The van der Waals surface area contributed by atoms with Crippen molar-refractivity contribution in [1.29, 1.82) is 0 Å². The number of hydrogen-bond donors (Lipinski definition) is 2. The fourth-order valence-electron chi connectivity index (χ4n) is 7.53. The molecule has 2 saturated carbocycles. The number of nitrogens with zero attached hydrogens (tertiary/aromatic N) is 4. The van der Waals surface area contributed by atoms with Crippen molar-refractivity contribution in [3.63, 3.8) is 0 Å². The molecule has 4 aliphatic rings. The van der Waals surface area contributed by atoms with Gasteiger partial charge in [0.2, 0.25) is 0 Å². The minimum Gasteiger partial charge on any atom is -0.353 e. The molecule has 10 atom stereocenters. The summed E-state index contributed by atoms with van der Waals surface area (Å²) in [5.74, 6) is 1.15. The Kier molecular flexibility index (Phi) is 11.8. The van der Waals surface area contributed by atoms with Crippen molar-refractivity contribution in [2.75, 3.05) is 25.1 Å². The Balaban J connectivity index is 1.69. The van der Waals surface area contributed by atoms with Gasteiger partial charge in [0.05, 0.1) is 58.2 Å². The second-order valence-electron chi connectivity index (χ2n) is 12.6. The Morgan fingerprint density at radius 1 is 0.818 bits per heavy atom. The summed E-state index contributed by atoms with van der Waals surface area (Å²) < 4.78 is 67.4. The number of hydrogen-bond acceptors (Lipinski definition) is 7. The van der Waals surface area contributed by atoms with Gasteiger partial charge in [-0.15, -0.1) is 46.4 Å². The quantitative estimate of drug-likeness (QED) is 0.183. The highest BCUT2D eigenvalue weighted by Crippen LogP contribution is 2.43. The van der Waals surface area contributed by atoms with E-state index in [0.29, 0.717) is 32.2 Å². The number of fused-ring (bicyclic) bond motifs is 2. The molecule has 44 heavy (non-hydrogen) atoms. The maximum absolute atomic E-state index is 11.6. The molecule has 0 radical (unpaired) electrons. The van der Waals surface area contributed by atoms with Crippen LogP contribution in [-0.4, -0.2) is 134 Å². The lowest BCUT2D eigenvalue weighted by atomic mass is 9.88.